The van der Waals surface area contributed by atoms with Crippen molar-refractivity contribution in [3.05, 3.63) is 50.6 Å². The molecule has 1 aromatic carbocycles. The average Bonchev–Trinajstić information content (AvgIpc) is 3.45. The van der Waals surface area contributed by atoms with Gasteiger partial charge in [-0.1, -0.05) is 68.1 Å². The number of nitrogens with zero attached hydrogens (tertiary/aromatic N) is 3. The second-order valence-corrected chi connectivity index (χ2v) is 11.0. The van der Waals surface area contributed by atoms with Gasteiger partial charge in [0.05, 0.1) is 10.6 Å². The van der Waals surface area contributed by atoms with Gasteiger partial charge in [-0.2, -0.15) is 0 Å². The minimum atomic E-state index is -0.446. The van der Waals surface area contributed by atoms with Crippen LogP contribution in [-0.2, 0) is 16.1 Å². The molecule has 0 fully saturated rings. The first-order valence-electron chi connectivity index (χ1n) is 10.8. The lowest BCUT2D eigenvalue weighted by Crippen LogP contribution is -2.25. The van der Waals surface area contributed by atoms with Gasteiger partial charge in [-0.05, 0) is 23.5 Å². The van der Waals surface area contributed by atoms with Crippen molar-refractivity contribution >= 4 is 55.7 Å². The summed E-state index contributed by atoms with van der Waals surface area (Å²) in [6.45, 7) is 6.56. The number of thioether (sulfide) groups is 1. The maximum atomic E-state index is 13.0. The second kappa shape index (κ2) is 10.8. The lowest BCUT2D eigenvalue weighted by molar-refractivity contribution is -0.115. The predicted octanol–water partition coefficient (Wildman–Crippen LogP) is 5.28. The minimum absolute atomic E-state index is 0.208. The number of carbonyl (C=O) groups is 1. The summed E-state index contributed by atoms with van der Waals surface area (Å²) in [6, 6.07) is 8.27. The van der Waals surface area contributed by atoms with E-state index in [4.69, 9.17) is 4.74 Å². The standard InChI is InChI=1S/C23H25N5O3S3/c1-5-16(19(29)24-23-28-27-17(34-23)10-31-4)33-22-25-20(30)18-15(11-32-21(18)26-22)14-8-6-13(7-9-14)12(2)3/h6-9,11-12,16H,5,10H2,1-4H3,(H,24,28,29)(H,25,26,30). The van der Waals surface area contributed by atoms with Crippen LogP contribution in [0.3, 0.4) is 0 Å². The van der Waals surface area contributed by atoms with Crippen molar-refractivity contribution in [2.75, 3.05) is 12.4 Å². The third kappa shape index (κ3) is 5.38. The smallest absolute Gasteiger partial charge is 0.260 e. The van der Waals surface area contributed by atoms with Crippen LogP contribution in [0.2, 0.25) is 0 Å². The Bertz CT molecular complexity index is 1340. The quantitative estimate of drug-likeness (QED) is 0.230. The summed E-state index contributed by atoms with van der Waals surface area (Å²) in [7, 11) is 1.58. The maximum Gasteiger partial charge on any atom is 0.260 e. The average molecular weight is 516 g/mol. The van der Waals surface area contributed by atoms with Crippen LogP contribution in [0, 0.1) is 0 Å². The molecular weight excluding hydrogens is 490 g/mol. The van der Waals surface area contributed by atoms with E-state index < -0.39 is 5.25 Å². The topological polar surface area (TPSA) is 110 Å². The zero-order chi connectivity index (χ0) is 24.2. The second-order valence-electron chi connectivity index (χ2n) is 7.92. The fourth-order valence-corrected chi connectivity index (χ4v) is 5.99. The van der Waals surface area contributed by atoms with Crippen LogP contribution in [0.4, 0.5) is 5.13 Å². The first-order valence-corrected chi connectivity index (χ1v) is 13.4. The Morgan fingerprint density at radius 1 is 1.24 bits per heavy atom. The molecule has 1 unspecified atom stereocenters. The van der Waals surface area contributed by atoms with Crippen molar-refractivity contribution in [2.24, 2.45) is 0 Å². The number of thiophene rings is 1. The normalized spacial score (nSPS) is 12.4. The molecule has 178 valence electrons. The van der Waals surface area contributed by atoms with Gasteiger partial charge in [0.1, 0.15) is 16.4 Å². The summed E-state index contributed by atoms with van der Waals surface area (Å²) in [5.74, 6) is 0.230. The molecule has 3 heterocycles. The SMILES string of the molecule is CCC(Sc1nc2scc(-c3ccc(C(C)C)cc3)c2c(=O)[nH]1)C(=O)Nc1nnc(COC)s1. The molecule has 2 N–H and O–H groups in total. The van der Waals surface area contributed by atoms with Crippen molar-refractivity contribution in [2.45, 2.75) is 50.1 Å². The van der Waals surface area contributed by atoms with Crippen LogP contribution < -0.4 is 10.9 Å². The highest BCUT2D eigenvalue weighted by Crippen LogP contribution is 2.33. The number of H-pyrrole nitrogens is 1. The van der Waals surface area contributed by atoms with E-state index in [1.807, 2.05) is 24.4 Å². The predicted molar refractivity (Wildman–Crippen MR) is 139 cm³/mol. The highest BCUT2D eigenvalue weighted by Gasteiger charge is 2.22. The lowest BCUT2D eigenvalue weighted by atomic mass is 9.99. The van der Waals surface area contributed by atoms with Crippen molar-refractivity contribution < 1.29 is 9.53 Å². The number of amides is 1. The van der Waals surface area contributed by atoms with Gasteiger partial charge >= 0.3 is 0 Å². The van der Waals surface area contributed by atoms with E-state index >= 15 is 0 Å². The number of aromatic nitrogens is 4. The molecule has 0 radical (unpaired) electrons. The molecule has 34 heavy (non-hydrogen) atoms. The molecule has 4 rings (SSSR count). The fraction of sp³-hybridized carbons (Fsp3) is 0.348. The number of ether oxygens (including phenoxy) is 1. The van der Waals surface area contributed by atoms with Crippen LogP contribution in [-0.4, -0.2) is 38.4 Å². The van der Waals surface area contributed by atoms with Gasteiger partial charge in [-0.25, -0.2) is 4.98 Å². The number of aromatic amines is 1. The van der Waals surface area contributed by atoms with Crippen LogP contribution in [0.25, 0.3) is 21.3 Å². The Hall–Kier alpha value is -2.60. The molecule has 0 aliphatic carbocycles. The van der Waals surface area contributed by atoms with Crippen molar-refractivity contribution in [1.29, 1.82) is 0 Å². The molecule has 4 aromatic rings. The number of hydrogen-bond acceptors (Lipinski definition) is 9. The van der Waals surface area contributed by atoms with Gasteiger partial charge in [0.15, 0.2) is 5.16 Å². The first kappa shape index (κ1) is 24.5. The highest BCUT2D eigenvalue weighted by atomic mass is 32.2. The lowest BCUT2D eigenvalue weighted by Gasteiger charge is -2.12. The number of rotatable bonds is 9. The molecule has 0 aliphatic rings. The zero-order valence-corrected chi connectivity index (χ0v) is 21.7. The van der Waals surface area contributed by atoms with Crippen molar-refractivity contribution in [3.8, 4) is 11.1 Å². The molecule has 0 bridgehead atoms. The number of anilines is 1. The van der Waals surface area contributed by atoms with Crippen molar-refractivity contribution in [3.63, 3.8) is 0 Å². The van der Waals surface area contributed by atoms with E-state index in [1.165, 1.54) is 40.0 Å². The molecular formula is C23H25N5O3S3. The van der Waals surface area contributed by atoms with E-state index in [1.54, 1.807) is 7.11 Å². The number of fused-ring (bicyclic) bond motifs is 1. The van der Waals surface area contributed by atoms with Gasteiger partial charge in [-0.3, -0.25) is 14.9 Å². The summed E-state index contributed by atoms with van der Waals surface area (Å²) >= 11 is 3.93. The van der Waals surface area contributed by atoms with E-state index in [9.17, 15) is 9.59 Å². The van der Waals surface area contributed by atoms with Crippen molar-refractivity contribution in [1.82, 2.24) is 20.2 Å². The number of methoxy groups -OCH3 is 1. The molecule has 0 spiro atoms. The Morgan fingerprint density at radius 2 is 2.00 bits per heavy atom. The maximum absolute atomic E-state index is 13.0. The first-order chi connectivity index (χ1) is 16.4. The Labute approximate surface area is 209 Å². The molecule has 0 aliphatic heterocycles. The van der Waals surface area contributed by atoms with Crippen LogP contribution in [0.5, 0.6) is 0 Å². The number of benzene rings is 1. The molecule has 0 saturated heterocycles. The third-order valence-electron chi connectivity index (χ3n) is 5.19. The summed E-state index contributed by atoms with van der Waals surface area (Å²) in [5.41, 5.74) is 2.90. The Morgan fingerprint density at radius 3 is 2.68 bits per heavy atom. The largest absolute Gasteiger partial charge is 0.377 e. The summed E-state index contributed by atoms with van der Waals surface area (Å²) in [5, 5.41) is 14.4. The summed E-state index contributed by atoms with van der Waals surface area (Å²) in [6.07, 6.45) is 0.555. The summed E-state index contributed by atoms with van der Waals surface area (Å²) < 4.78 is 5.03. The van der Waals surface area contributed by atoms with Gasteiger partial charge in [-0.15, -0.1) is 21.5 Å². The van der Waals surface area contributed by atoms with E-state index in [0.29, 0.717) is 44.5 Å². The van der Waals surface area contributed by atoms with Gasteiger partial charge in [0, 0.05) is 18.1 Å². The van der Waals surface area contributed by atoms with Crippen LogP contribution in [0.1, 0.15) is 43.7 Å². The Kier molecular flexibility index (Phi) is 7.77. The highest BCUT2D eigenvalue weighted by molar-refractivity contribution is 8.00. The van der Waals surface area contributed by atoms with E-state index in [0.717, 1.165) is 11.1 Å². The molecule has 3 aromatic heterocycles. The zero-order valence-electron chi connectivity index (χ0n) is 19.2. The molecule has 1 amide bonds. The molecule has 11 heteroatoms. The number of hydrogen-bond donors (Lipinski definition) is 2. The fourth-order valence-electron chi connectivity index (χ4n) is 3.37. The van der Waals surface area contributed by atoms with Gasteiger partial charge < -0.3 is 9.72 Å². The van der Waals surface area contributed by atoms with Crippen LogP contribution >= 0.6 is 34.4 Å². The number of carbonyl (C=O) groups excluding carboxylic acids is 1. The van der Waals surface area contributed by atoms with Gasteiger partial charge in [0.2, 0.25) is 11.0 Å². The van der Waals surface area contributed by atoms with Gasteiger partial charge in [0.25, 0.3) is 5.56 Å². The van der Waals surface area contributed by atoms with E-state index in [2.05, 4.69) is 51.5 Å². The monoisotopic (exact) mass is 515 g/mol. The summed E-state index contributed by atoms with van der Waals surface area (Å²) in [4.78, 5) is 33.9. The van der Waals surface area contributed by atoms with E-state index in [-0.39, 0.29) is 11.5 Å². The minimum Gasteiger partial charge on any atom is -0.377 e. The number of nitrogens with one attached hydrogen (secondary N) is 2. The van der Waals surface area contributed by atoms with Crippen LogP contribution in [0.15, 0.2) is 39.6 Å². The molecule has 1 atom stereocenters. The Balaban J connectivity index is 1.53. The molecule has 0 saturated carbocycles. The third-order valence-corrected chi connectivity index (χ3v) is 8.13. The molecule has 8 nitrogen and oxygen atoms in total.